The Morgan fingerprint density at radius 1 is 1.03 bits per heavy atom. The average molecular weight is 428 g/mol. The number of pyridine rings is 1. The molecule has 3 heterocycles. The van der Waals surface area contributed by atoms with E-state index in [9.17, 15) is 5.11 Å². The van der Waals surface area contributed by atoms with E-state index in [4.69, 9.17) is 14.2 Å². The van der Waals surface area contributed by atoms with Crippen molar-refractivity contribution in [3.8, 4) is 11.6 Å². The van der Waals surface area contributed by atoms with Gasteiger partial charge in [0.25, 0.3) is 0 Å². The average Bonchev–Trinajstić information content (AvgIpc) is 2.82. The predicted molar refractivity (Wildman–Crippen MR) is 119 cm³/mol. The van der Waals surface area contributed by atoms with E-state index in [0.717, 1.165) is 57.3 Å². The van der Waals surface area contributed by atoms with Crippen LogP contribution in [-0.4, -0.2) is 87.0 Å². The van der Waals surface area contributed by atoms with E-state index in [0.29, 0.717) is 31.4 Å². The molecule has 4 rings (SSSR count). The van der Waals surface area contributed by atoms with Gasteiger partial charge in [0.15, 0.2) is 0 Å². The van der Waals surface area contributed by atoms with Gasteiger partial charge < -0.3 is 24.2 Å². The third-order valence-corrected chi connectivity index (χ3v) is 5.20. The smallest absolute Gasteiger partial charge is 0.215 e. The second kappa shape index (κ2) is 10.9. The molecule has 1 aromatic heterocycles. The number of phenolic OH excluding ortho intramolecular Hbond substituents is 1. The molecule has 166 valence electrons. The number of benzene rings is 1. The summed E-state index contributed by atoms with van der Waals surface area (Å²) in [5.74, 6) is 0.802. The lowest BCUT2D eigenvalue weighted by Gasteiger charge is -2.29. The number of hydrogen-bond donors (Lipinski definition) is 2. The van der Waals surface area contributed by atoms with Gasteiger partial charge in [-0.1, -0.05) is 0 Å². The van der Waals surface area contributed by atoms with Gasteiger partial charge in [-0.3, -0.25) is 10.3 Å². The van der Waals surface area contributed by atoms with E-state index in [1.165, 1.54) is 0 Å². The highest BCUT2D eigenvalue weighted by Crippen LogP contribution is 2.22. The fraction of sp³-hybridized carbons (Fsp3) is 0.455. The number of hydrogen-bond acceptors (Lipinski definition) is 9. The van der Waals surface area contributed by atoms with Crippen LogP contribution in [0.3, 0.4) is 0 Å². The first-order valence-corrected chi connectivity index (χ1v) is 10.6. The molecule has 2 aliphatic heterocycles. The van der Waals surface area contributed by atoms with Gasteiger partial charge in [-0.15, -0.1) is 0 Å². The Morgan fingerprint density at radius 3 is 2.48 bits per heavy atom. The number of hydrazone groups is 1. The molecule has 9 heteroatoms. The number of nitrogens with zero attached hydrogens (tertiary/aromatic N) is 4. The first kappa shape index (κ1) is 21.4. The topological polar surface area (TPSA) is 91.7 Å². The summed E-state index contributed by atoms with van der Waals surface area (Å²) in [6.07, 6.45) is 1.67. The molecule has 2 aromatic rings. The molecule has 0 saturated carbocycles. The van der Waals surface area contributed by atoms with Gasteiger partial charge in [0.2, 0.25) is 5.88 Å². The van der Waals surface area contributed by atoms with Gasteiger partial charge in [-0.05, 0) is 30.3 Å². The normalized spacial score (nSPS) is 17.7. The number of anilines is 2. The van der Waals surface area contributed by atoms with Gasteiger partial charge in [0.1, 0.15) is 12.4 Å². The molecule has 2 fully saturated rings. The number of aromatic hydroxyl groups is 1. The van der Waals surface area contributed by atoms with Gasteiger partial charge in [0, 0.05) is 44.5 Å². The lowest BCUT2D eigenvalue weighted by molar-refractivity contribution is 0.0320. The molecule has 2 saturated heterocycles. The molecule has 1 aromatic carbocycles. The van der Waals surface area contributed by atoms with Crippen LogP contribution in [-0.2, 0) is 9.47 Å². The highest BCUT2D eigenvalue weighted by Gasteiger charge is 2.15. The lowest BCUT2D eigenvalue weighted by Crippen LogP contribution is -2.38. The summed E-state index contributed by atoms with van der Waals surface area (Å²) < 4.78 is 16.9. The molecule has 0 radical (unpaired) electrons. The van der Waals surface area contributed by atoms with E-state index in [1.807, 2.05) is 12.1 Å². The second-order valence-corrected chi connectivity index (χ2v) is 7.41. The monoisotopic (exact) mass is 427 g/mol. The van der Waals surface area contributed by atoms with Gasteiger partial charge in [0.05, 0.1) is 44.0 Å². The molecular formula is C22H29N5O4. The number of aromatic nitrogens is 1. The van der Waals surface area contributed by atoms with Crippen molar-refractivity contribution in [1.82, 2.24) is 9.88 Å². The van der Waals surface area contributed by atoms with Crippen molar-refractivity contribution in [3.63, 3.8) is 0 Å². The van der Waals surface area contributed by atoms with Crippen LogP contribution >= 0.6 is 0 Å². The van der Waals surface area contributed by atoms with E-state index in [2.05, 4.69) is 25.3 Å². The molecule has 0 unspecified atom stereocenters. The maximum absolute atomic E-state index is 9.39. The summed E-state index contributed by atoms with van der Waals surface area (Å²) in [6.45, 7) is 7.93. The minimum Gasteiger partial charge on any atom is -0.508 e. The highest BCUT2D eigenvalue weighted by molar-refractivity contribution is 5.80. The van der Waals surface area contributed by atoms with Crippen molar-refractivity contribution >= 4 is 17.6 Å². The van der Waals surface area contributed by atoms with Crippen LogP contribution in [0.2, 0.25) is 0 Å². The Bertz CT molecular complexity index is 849. The minimum atomic E-state index is 0.216. The number of nitrogens with one attached hydrogen (secondary N) is 1. The summed E-state index contributed by atoms with van der Waals surface area (Å²) in [5, 5.41) is 13.7. The van der Waals surface area contributed by atoms with Crippen molar-refractivity contribution in [3.05, 3.63) is 42.1 Å². The molecule has 0 amide bonds. The zero-order valence-corrected chi connectivity index (χ0v) is 17.6. The predicted octanol–water partition coefficient (Wildman–Crippen LogP) is 1.78. The molecule has 2 aliphatic rings. The fourth-order valence-corrected chi connectivity index (χ4v) is 3.47. The van der Waals surface area contributed by atoms with Crippen LogP contribution in [0.15, 0.2) is 41.5 Å². The Kier molecular flexibility index (Phi) is 7.54. The van der Waals surface area contributed by atoms with Crippen molar-refractivity contribution in [2.24, 2.45) is 5.10 Å². The zero-order chi connectivity index (χ0) is 21.3. The van der Waals surface area contributed by atoms with Crippen LogP contribution in [0.4, 0.5) is 11.4 Å². The maximum atomic E-state index is 9.39. The van der Waals surface area contributed by atoms with E-state index < -0.39 is 0 Å². The number of ether oxygens (including phenoxy) is 3. The fourth-order valence-electron chi connectivity index (χ4n) is 3.47. The van der Waals surface area contributed by atoms with E-state index in [1.54, 1.807) is 30.5 Å². The number of phenols is 1. The number of rotatable bonds is 8. The first-order valence-electron chi connectivity index (χ1n) is 10.6. The van der Waals surface area contributed by atoms with Crippen molar-refractivity contribution in [1.29, 1.82) is 0 Å². The standard InChI is InChI=1S/C22H29N5O4/c28-21-3-1-18(2-4-21)25-23-17-19-15-20(27-8-12-30-13-9-27)16-22(24-19)31-14-7-26-5-10-29-11-6-26/h1-4,15-17,25,28H,5-14H2/b23-17-. The Hall–Kier alpha value is -2.88. The number of morpholine rings is 2. The third kappa shape index (κ3) is 6.55. The molecule has 0 atom stereocenters. The van der Waals surface area contributed by atoms with E-state index >= 15 is 0 Å². The SMILES string of the molecule is Oc1ccc(N/N=C\c2cc(N3CCOCC3)cc(OCCN3CCOCC3)n2)cc1. The summed E-state index contributed by atoms with van der Waals surface area (Å²) in [5.41, 5.74) is 5.48. The van der Waals surface area contributed by atoms with Gasteiger partial charge in [-0.25, -0.2) is 4.98 Å². The summed E-state index contributed by atoms with van der Waals surface area (Å²) in [7, 11) is 0. The van der Waals surface area contributed by atoms with Gasteiger partial charge >= 0.3 is 0 Å². The van der Waals surface area contributed by atoms with Crippen molar-refractivity contribution in [2.75, 3.05) is 76.1 Å². The zero-order valence-electron chi connectivity index (χ0n) is 17.6. The van der Waals surface area contributed by atoms with Crippen LogP contribution in [0, 0.1) is 0 Å². The Balaban J connectivity index is 1.42. The summed E-state index contributed by atoms with van der Waals surface area (Å²) in [4.78, 5) is 9.20. The van der Waals surface area contributed by atoms with Crippen LogP contribution in [0.25, 0.3) is 0 Å². The van der Waals surface area contributed by atoms with Crippen LogP contribution < -0.4 is 15.1 Å². The molecule has 0 spiro atoms. The minimum absolute atomic E-state index is 0.216. The van der Waals surface area contributed by atoms with Gasteiger partial charge in [-0.2, -0.15) is 5.10 Å². The quantitative estimate of drug-likeness (QED) is 0.374. The highest BCUT2D eigenvalue weighted by atomic mass is 16.5. The molecule has 2 N–H and O–H groups in total. The van der Waals surface area contributed by atoms with Crippen LogP contribution in [0.1, 0.15) is 5.69 Å². The van der Waals surface area contributed by atoms with Crippen molar-refractivity contribution < 1.29 is 19.3 Å². The van der Waals surface area contributed by atoms with E-state index in [-0.39, 0.29) is 5.75 Å². The lowest BCUT2D eigenvalue weighted by atomic mass is 10.2. The molecule has 0 aliphatic carbocycles. The van der Waals surface area contributed by atoms with Crippen LogP contribution in [0.5, 0.6) is 11.6 Å². The maximum Gasteiger partial charge on any atom is 0.215 e. The largest absolute Gasteiger partial charge is 0.508 e. The molecule has 0 bridgehead atoms. The Morgan fingerprint density at radius 2 is 1.74 bits per heavy atom. The molecule has 31 heavy (non-hydrogen) atoms. The first-order chi connectivity index (χ1) is 15.3. The summed E-state index contributed by atoms with van der Waals surface area (Å²) in [6, 6.07) is 10.7. The third-order valence-electron chi connectivity index (χ3n) is 5.20. The second-order valence-electron chi connectivity index (χ2n) is 7.41. The van der Waals surface area contributed by atoms with Crippen molar-refractivity contribution in [2.45, 2.75) is 0 Å². The Labute approximate surface area is 182 Å². The molecular weight excluding hydrogens is 398 g/mol. The summed E-state index contributed by atoms with van der Waals surface area (Å²) >= 11 is 0. The molecule has 9 nitrogen and oxygen atoms in total.